The summed E-state index contributed by atoms with van der Waals surface area (Å²) in [6.07, 6.45) is 6.37. The maximum absolute atomic E-state index is 11.6. The molecule has 3 unspecified atom stereocenters. The van der Waals surface area contributed by atoms with Crippen molar-refractivity contribution < 1.29 is 9.90 Å². The highest BCUT2D eigenvalue weighted by Crippen LogP contribution is 2.47. The van der Waals surface area contributed by atoms with E-state index in [-0.39, 0.29) is 17.3 Å². The summed E-state index contributed by atoms with van der Waals surface area (Å²) in [4.78, 5) is 15.8. The summed E-state index contributed by atoms with van der Waals surface area (Å²) in [7, 11) is 0. The minimum atomic E-state index is -0.661. The van der Waals surface area contributed by atoms with Crippen molar-refractivity contribution in [3.8, 4) is 0 Å². The molecule has 0 amide bonds. The zero-order chi connectivity index (χ0) is 14.9. The van der Waals surface area contributed by atoms with E-state index >= 15 is 0 Å². The summed E-state index contributed by atoms with van der Waals surface area (Å²) in [5.74, 6) is -0.260. The third-order valence-electron chi connectivity index (χ3n) is 4.87. The number of carboxylic acid groups (broad SMARTS) is 1. The average molecular weight is 275 g/mol. The minimum absolute atomic E-state index is 0.0965. The molecule has 110 valence electrons. The van der Waals surface area contributed by atoms with Crippen molar-refractivity contribution in [3.05, 3.63) is 29.6 Å². The van der Waals surface area contributed by atoms with E-state index < -0.39 is 5.97 Å². The first-order valence-corrected chi connectivity index (χ1v) is 7.44. The minimum Gasteiger partial charge on any atom is -0.481 e. The average Bonchev–Trinajstić information content (AvgIpc) is 2.37. The van der Waals surface area contributed by atoms with Gasteiger partial charge < -0.3 is 5.11 Å². The van der Waals surface area contributed by atoms with Crippen LogP contribution in [0.25, 0.3) is 0 Å². The van der Waals surface area contributed by atoms with Gasteiger partial charge in [0.1, 0.15) is 0 Å². The molecule has 2 rings (SSSR count). The number of hydrogen-bond acceptors (Lipinski definition) is 2. The quantitative estimate of drug-likeness (QED) is 0.886. The molecule has 0 bridgehead atoms. The van der Waals surface area contributed by atoms with Crippen LogP contribution in [0.5, 0.6) is 0 Å². The number of carbonyl (C=O) groups is 1. The number of pyridine rings is 1. The third kappa shape index (κ3) is 3.02. The maximum atomic E-state index is 11.6. The number of hydrogen-bond donors (Lipinski definition) is 1. The van der Waals surface area contributed by atoms with Crippen LogP contribution in [0.1, 0.15) is 57.1 Å². The van der Waals surface area contributed by atoms with E-state index in [9.17, 15) is 9.90 Å². The number of aliphatic carboxylic acids is 1. The Morgan fingerprint density at radius 2 is 2.05 bits per heavy atom. The number of aryl methyl sites for hydroxylation is 1. The Morgan fingerprint density at radius 1 is 1.35 bits per heavy atom. The second-order valence-corrected chi connectivity index (χ2v) is 7.16. The molecule has 1 aromatic rings. The van der Waals surface area contributed by atoms with Crippen LogP contribution in [0.3, 0.4) is 0 Å². The van der Waals surface area contributed by atoms with E-state index in [0.29, 0.717) is 5.92 Å². The lowest BCUT2D eigenvalue weighted by Crippen LogP contribution is -2.34. The molecule has 1 N–H and O–H groups in total. The summed E-state index contributed by atoms with van der Waals surface area (Å²) in [6.45, 7) is 8.82. The molecule has 3 heteroatoms. The van der Waals surface area contributed by atoms with Crippen LogP contribution in [-0.4, -0.2) is 16.1 Å². The van der Waals surface area contributed by atoms with Crippen LogP contribution >= 0.6 is 0 Å². The fourth-order valence-electron chi connectivity index (χ4n) is 3.46. The van der Waals surface area contributed by atoms with Crippen LogP contribution < -0.4 is 0 Å². The SMILES string of the molecule is Cc1ccncc1C1CC(C(C)(C)C)CCC1C(=O)O. The predicted molar refractivity (Wildman–Crippen MR) is 79.6 cm³/mol. The van der Waals surface area contributed by atoms with E-state index in [0.717, 1.165) is 30.4 Å². The standard InChI is InChI=1S/C17H25NO2/c1-11-7-8-18-10-15(11)14-9-12(17(2,3)4)5-6-13(14)16(19)20/h7-8,10,12-14H,5-6,9H2,1-4H3,(H,19,20). The van der Waals surface area contributed by atoms with Crippen molar-refractivity contribution in [2.24, 2.45) is 17.3 Å². The van der Waals surface area contributed by atoms with Gasteiger partial charge in [-0.05, 0) is 60.6 Å². The van der Waals surface area contributed by atoms with Gasteiger partial charge in [0.15, 0.2) is 0 Å². The molecule has 1 aliphatic carbocycles. The Labute approximate surface area is 121 Å². The van der Waals surface area contributed by atoms with Crippen LogP contribution in [0.2, 0.25) is 0 Å². The molecule has 0 aliphatic heterocycles. The second kappa shape index (κ2) is 5.55. The summed E-state index contributed by atoms with van der Waals surface area (Å²) in [5, 5.41) is 9.53. The van der Waals surface area contributed by atoms with Crippen LogP contribution in [0.4, 0.5) is 0 Å². The molecule has 3 atom stereocenters. The van der Waals surface area contributed by atoms with Crippen molar-refractivity contribution in [1.29, 1.82) is 0 Å². The van der Waals surface area contributed by atoms with Gasteiger partial charge in [-0.15, -0.1) is 0 Å². The van der Waals surface area contributed by atoms with E-state index in [1.807, 2.05) is 12.3 Å². The molecule has 1 saturated carbocycles. The smallest absolute Gasteiger partial charge is 0.307 e. The first-order chi connectivity index (χ1) is 9.30. The van der Waals surface area contributed by atoms with E-state index in [4.69, 9.17) is 0 Å². The lowest BCUT2D eigenvalue weighted by atomic mass is 9.64. The molecular weight excluding hydrogens is 250 g/mol. The first kappa shape index (κ1) is 15.0. The zero-order valence-corrected chi connectivity index (χ0v) is 12.9. The Bertz CT molecular complexity index is 490. The predicted octanol–water partition coefficient (Wildman–Crippen LogP) is 4.02. The number of aromatic nitrogens is 1. The second-order valence-electron chi connectivity index (χ2n) is 7.16. The van der Waals surface area contributed by atoms with Crippen LogP contribution in [0, 0.1) is 24.2 Å². The largest absolute Gasteiger partial charge is 0.481 e. The van der Waals surface area contributed by atoms with Gasteiger partial charge in [-0.2, -0.15) is 0 Å². The maximum Gasteiger partial charge on any atom is 0.307 e. The fraction of sp³-hybridized carbons (Fsp3) is 0.647. The van der Waals surface area contributed by atoms with Crippen LogP contribution in [-0.2, 0) is 4.79 Å². The number of carboxylic acids is 1. The van der Waals surface area contributed by atoms with Crippen molar-refractivity contribution in [2.45, 2.75) is 52.9 Å². The summed E-state index contributed by atoms with van der Waals surface area (Å²) < 4.78 is 0. The number of nitrogens with zero attached hydrogens (tertiary/aromatic N) is 1. The van der Waals surface area contributed by atoms with E-state index in [2.05, 4.69) is 32.7 Å². The molecule has 0 aromatic carbocycles. The van der Waals surface area contributed by atoms with Gasteiger partial charge in [0.25, 0.3) is 0 Å². The lowest BCUT2D eigenvalue weighted by Gasteiger charge is -2.41. The summed E-state index contributed by atoms with van der Waals surface area (Å²) >= 11 is 0. The Kier molecular flexibility index (Phi) is 4.17. The van der Waals surface area contributed by atoms with Gasteiger partial charge in [-0.25, -0.2) is 0 Å². The highest BCUT2D eigenvalue weighted by molar-refractivity contribution is 5.71. The molecular formula is C17H25NO2. The van der Waals surface area contributed by atoms with Gasteiger partial charge in [0.05, 0.1) is 5.92 Å². The normalized spacial score (nSPS) is 27.3. The molecule has 1 heterocycles. The van der Waals surface area contributed by atoms with E-state index in [1.54, 1.807) is 6.20 Å². The summed E-state index contributed by atoms with van der Waals surface area (Å²) in [5.41, 5.74) is 2.51. The lowest BCUT2D eigenvalue weighted by molar-refractivity contribution is -0.144. The monoisotopic (exact) mass is 275 g/mol. The van der Waals surface area contributed by atoms with Crippen molar-refractivity contribution in [1.82, 2.24) is 4.98 Å². The number of rotatable bonds is 2. The Hall–Kier alpha value is -1.38. The van der Waals surface area contributed by atoms with Crippen molar-refractivity contribution in [3.63, 3.8) is 0 Å². The zero-order valence-electron chi connectivity index (χ0n) is 12.9. The molecule has 20 heavy (non-hydrogen) atoms. The van der Waals surface area contributed by atoms with Gasteiger partial charge in [0, 0.05) is 12.4 Å². The molecule has 1 aliphatic rings. The first-order valence-electron chi connectivity index (χ1n) is 7.44. The molecule has 3 nitrogen and oxygen atoms in total. The Balaban J connectivity index is 2.33. The van der Waals surface area contributed by atoms with Gasteiger partial charge in [-0.3, -0.25) is 9.78 Å². The summed E-state index contributed by atoms with van der Waals surface area (Å²) in [6, 6.07) is 1.98. The third-order valence-corrected chi connectivity index (χ3v) is 4.87. The van der Waals surface area contributed by atoms with Gasteiger partial charge >= 0.3 is 5.97 Å². The Morgan fingerprint density at radius 3 is 2.60 bits per heavy atom. The van der Waals surface area contributed by atoms with E-state index in [1.165, 1.54) is 0 Å². The van der Waals surface area contributed by atoms with Crippen molar-refractivity contribution >= 4 is 5.97 Å². The molecule has 0 saturated heterocycles. The van der Waals surface area contributed by atoms with Gasteiger partial charge in [0.2, 0.25) is 0 Å². The fourth-order valence-corrected chi connectivity index (χ4v) is 3.46. The van der Waals surface area contributed by atoms with Gasteiger partial charge in [-0.1, -0.05) is 20.8 Å². The molecule has 1 fully saturated rings. The highest BCUT2D eigenvalue weighted by atomic mass is 16.4. The van der Waals surface area contributed by atoms with Crippen molar-refractivity contribution in [2.75, 3.05) is 0 Å². The highest BCUT2D eigenvalue weighted by Gasteiger charge is 2.40. The molecule has 0 radical (unpaired) electrons. The molecule has 1 aromatic heterocycles. The molecule has 0 spiro atoms. The topological polar surface area (TPSA) is 50.2 Å². The van der Waals surface area contributed by atoms with Crippen LogP contribution in [0.15, 0.2) is 18.5 Å².